The molecule has 230 valence electrons. The number of carbonyl (C=O) groups excluding carboxylic acids is 1. The first kappa shape index (κ1) is 26.3. The van der Waals surface area contributed by atoms with Crippen LogP contribution in [0.25, 0.3) is 33.6 Å². The molecule has 11 heteroatoms. The molecule has 3 saturated carbocycles. The fraction of sp³-hybridized carbons (Fsp3) is 0.429. The highest BCUT2D eigenvalue weighted by molar-refractivity contribution is 6.00. The summed E-state index contributed by atoms with van der Waals surface area (Å²) in [6.07, 6.45) is 10.2. The number of imidazole rings is 1. The number of rotatable bonds is 7. The third-order valence-electron chi connectivity index (χ3n) is 11.3. The summed E-state index contributed by atoms with van der Waals surface area (Å²) in [5.74, 6) is 4.64. The van der Waals surface area contributed by atoms with E-state index >= 15 is 0 Å². The van der Waals surface area contributed by atoms with Gasteiger partial charge < -0.3 is 23.7 Å². The topological polar surface area (TPSA) is 118 Å². The lowest BCUT2D eigenvalue weighted by molar-refractivity contribution is -0.0204. The Morgan fingerprint density at radius 2 is 1.91 bits per heavy atom. The van der Waals surface area contributed by atoms with Gasteiger partial charge in [0.2, 0.25) is 5.82 Å². The number of methoxy groups -OCH3 is 1. The molecule has 3 aliphatic carbocycles. The Kier molecular flexibility index (Phi) is 5.43. The number of carbonyl (C=O) groups is 1. The lowest BCUT2D eigenvalue weighted by atomic mass is 9.53. The van der Waals surface area contributed by atoms with E-state index in [-0.39, 0.29) is 17.8 Å². The summed E-state index contributed by atoms with van der Waals surface area (Å²) in [7, 11) is 1.68. The molecule has 3 unspecified atom stereocenters. The molecule has 11 nitrogen and oxygen atoms in total. The number of benzene rings is 1. The summed E-state index contributed by atoms with van der Waals surface area (Å²) in [6, 6.07) is 12.7. The lowest BCUT2D eigenvalue weighted by Crippen LogP contribution is -2.53. The summed E-state index contributed by atoms with van der Waals surface area (Å²) in [5, 5.41) is 10.2. The highest BCUT2D eigenvalue weighted by Gasteiger charge is 2.61. The zero-order valence-electron chi connectivity index (χ0n) is 25.6. The number of hydrogen-bond donors (Lipinski definition) is 0. The van der Waals surface area contributed by atoms with Crippen molar-refractivity contribution in [2.45, 2.75) is 44.3 Å². The minimum Gasteiger partial charge on any atom is -0.494 e. The molecule has 0 N–H and O–H groups in total. The van der Waals surface area contributed by atoms with E-state index < -0.39 is 0 Å². The number of amides is 1. The van der Waals surface area contributed by atoms with Crippen molar-refractivity contribution in [3.05, 3.63) is 60.3 Å². The number of nitrogens with zero attached hydrogens (tertiary/aromatic N) is 9. The Bertz CT molecular complexity index is 2100. The van der Waals surface area contributed by atoms with E-state index in [9.17, 15) is 4.79 Å². The third-order valence-corrected chi connectivity index (χ3v) is 11.3. The Morgan fingerprint density at radius 1 is 1.07 bits per heavy atom. The van der Waals surface area contributed by atoms with Crippen molar-refractivity contribution in [2.75, 3.05) is 31.6 Å². The van der Waals surface area contributed by atoms with Gasteiger partial charge in [0, 0.05) is 49.4 Å². The van der Waals surface area contributed by atoms with E-state index in [1.807, 2.05) is 30.5 Å². The standard InChI is InChI=1S/C35H33N9O2/c1-46-29-11-22(35(45)43-16-23-7-21-10-27(43)31(21)23)8-26-32(29)44(25-17-41(18-25)24-13-38-30(12-36)39-14-24)34(40-26)28-9-20-3-2-6-37-33(20)42(28)15-19-4-5-19/h2-3,6,8-9,11,13-14,19,21,23,25,27,31H,4-5,7,10,15-18H2,1H3/t21?,23?,27?,31-/m1/s1. The van der Waals surface area contributed by atoms with E-state index in [1.54, 1.807) is 19.5 Å². The van der Waals surface area contributed by atoms with E-state index in [2.05, 4.69) is 41.0 Å². The average molecular weight is 612 g/mol. The van der Waals surface area contributed by atoms with Crippen LogP contribution in [-0.2, 0) is 6.54 Å². The molecule has 0 spiro atoms. The summed E-state index contributed by atoms with van der Waals surface area (Å²) < 4.78 is 10.7. The summed E-state index contributed by atoms with van der Waals surface area (Å²) in [4.78, 5) is 36.8. The first-order chi connectivity index (χ1) is 22.6. The largest absolute Gasteiger partial charge is 0.494 e. The van der Waals surface area contributed by atoms with E-state index in [0.717, 1.165) is 77.8 Å². The molecular weight excluding hydrogens is 578 g/mol. The zero-order chi connectivity index (χ0) is 30.7. The average Bonchev–Trinajstić information content (AvgIpc) is 3.69. The maximum absolute atomic E-state index is 14.0. The normalized spacial score (nSPS) is 24.8. The fourth-order valence-electron chi connectivity index (χ4n) is 8.76. The predicted octanol–water partition coefficient (Wildman–Crippen LogP) is 4.67. The maximum atomic E-state index is 14.0. The Morgan fingerprint density at radius 3 is 2.65 bits per heavy atom. The first-order valence-electron chi connectivity index (χ1n) is 16.4. The molecule has 1 amide bonds. The van der Waals surface area contributed by atoms with Crippen LogP contribution in [0, 0.1) is 35.0 Å². The van der Waals surface area contributed by atoms with E-state index in [4.69, 9.17) is 20.0 Å². The van der Waals surface area contributed by atoms with Gasteiger partial charge in [-0.25, -0.2) is 19.9 Å². The van der Waals surface area contributed by atoms with Crippen LogP contribution in [-0.4, -0.2) is 72.7 Å². The molecule has 0 bridgehead atoms. The summed E-state index contributed by atoms with van der Waals surface area (Å²) in [5.41, 5.74) is 5.20. The van der Waals surface area contributed by atoms with Gasteiger partial charge in [-0.2, -0.15) is 5.26 Å². The number of nitriles is 1. The van der Waals surface area contributed by atoms with Crippen molar-refractivity contribution >= 4 is 33.7 Å². The summed E-state index contributed by atoms with van der Waals surface area (Å²) in [6.45, 7) is 3.21. The van der Waals surface area contributed by atoms with Gasteiger partial charge >= 0.3 is 0 Å². The Labute approximate surface area is 265 Å². The van der Waals surface area contributed by atoms with Gasteiger partial charge in [0.05, 0.1) is 42.4 Å². The smallest absolute Gasteiger partial charge is 0.254 e. The number of ether oxygens (including phenoxy) is 1. The second-order valence-electron chi connectivity index (χ2n) is 13.9. The number of fused-ring (bicyclic) bond motifs is 2. The quantitative estimate of drug-likeness (QED) is 0.261. The molecule has 1 aromatic carbocycles. The predicted molar refractivity (Wildman–Crippen MR) is 170 cm³/mol. The summed E-state index contributed by atoms with van der Waals surface area (Å²) >= 11 is 0. The van der Waals surface area contributed by atoms with Crippen LogP contribution in [0.4, 0.5) is 5.69 Å². The van der Waals surface area contributed by atoms with Crippen LogP contribution in [0.2, 0.25) is 0 Å². The molecule has 5 fully saturated rings. The van der Waals surface area contributed by atoms with Gasteiger partial charge in [-0.3, -0.25) is 4.79 Å². The SMILES string of the molecule is COc1cc(C(=O)N2CC3CC4CC2[C@H]43)cc2nc(-c3cc4cccnc4n3CC3CC3)n(C3CN(c4cnc(C#N)nc4)C3)c12. The maximum Gasteiger partial charge on any atom is 0.254 e. The van der Waals surface area contributed by atoms with Crippen LogP contribution in [0.5, 0.6) is 5.75 Å². The zero-order valence-corrected chi connectivity index (χ0v) is 25.6. The minimum atomic E-state index is 0.0903. The van der Waals surface area contributed by atoms with Gasteiger partial charge in [0.15, 0.2) is 5.82 Å². The molecule has 4 aromatic heterocycles. The molecule has 10 rings (SSSR count). The lowest BCUT2D eigenvalue weighted by Gasteiger charge is -2.52. The number of likely N-dealkylation sites (tertiary alicyclic amines) is 1. The molecule has 4 atom stereocenters. The highest BCUT2D eigenvalue weighted by atomic mass is 16.5. The monoisotopic (exact) mass is 611 g/mol. The molecule has 6 heterocycles. The van der Waals surface area contributed by atoms with Crippen molar-refractivity contribution in [2.24, 2.45) is 23.7 Å². The van der Waals surface area contributed by atoms with Crippen LogP contribution in [0.1, 0.15) is 47.9 Å². The van der Waals surface area contributed by atoms with Crippen molar-refractivity contribution in [1.29, 1.82) is 5.26 Å². The molecular formula is C35H33N9O2. The minimum absolute atomic E-state index is 0.0903. The van der Waals surface area contributed by atoms with Gasteiger partial charge in [0.25, 0.3) is 5.91 Å². The first-order valence-corrected chi connectivity index (χ1v) is 16.4. The number of anilines is 1. The fourth-order valence-corrected chi connectivity index (χ4v) is 8.76. The van der Waals surface area contributed by atoms with Crippen molar-refractivity contribution in [3.8, 4) is 23.3 Å². The third kappa shape index (κ3) is 3.73. The molecule has 0 radical (unpaired) electrons. The van der Waals surface area contributed by atoms with Crippen LogP contribution < -0.4 is 9.64 Å². The number of aromatic nitrogens is 6. The van der Waals surface area contributed by atoms with Crippen LogP contribution in [0.15, 0.2) is 48.9 Å². The molecule has 5 aromatic rings. The van der Waals surface area contributed by atoms with Crippen molar-refractivity contribution in [1.82, 2.24) is 34.0 Å². The number of pyridine rings is 1. The van der Waals surface area contributed by atoms with Crippen LogP contribution >= 0.6 is 0 Å². The van der Waals surface area contributed by atoms with E-state index in [0.29, 0.717) is 35.1 Å². The van der Waals surface area contributed by atoms with Gasteiger partial charge in [-0.1, -0.05) is 0 Å². The molecule has 46 heavy (non-hydrogen) atoms. The molecule has 2 saturated heterocycles. The molecule has 5 aliphatic rings. The van der Waals surface area contributed by atoms with E-state index in [1.165, 1.54) is 19.3 Å². The number of hydrogen-bond acceptors (Lipinski definition) is 8. The van der Waals surface area contributed by atoms with Crippen molar-refractivity contribution in [3.63, 3.8) is 0 Å². The Hall–Kier alpha value is -4.98. The molecule has 2 aliphatic heterocycles. The van der Waals surface area contributed by atoms with Crippen LogP contribution in [0.3, 0.4) is 0 Å². The van der Waals surface area contributed by atoms with Gasteiger partial charge in [-0.05, 0) is 79.7 Å². The second-order valence-corrected chi connectivity index (χ2v) is 13.9. The van der Waals surface area contributed by atoms with Crippen molar-refractivity contribution < 1.29 is 9.53 Å². The second kappa shape index (κ2) is 9.52. The van der Waals surface area contributed by atoms with Gasteiger partial charge in [-0.15, -0.1) is 0 Å². The van der Waals surface area contributed by atoms with Gasteiger partial charge in [0.1, 0.15) is 23.0 Å². The highest BCUT2D eigenvalue weighted by Crippen LogP contribution is 2.61. The Balaban J connectivity index is 1.10.